The van der Waals surface area contributed by atoms with Gasteiger partial charge in [0, 0.05) is 19.3 Å². The fourth-order valence-electron chi connectivity index (χ4n) is 2.56. The van der Waals surface area contributed by atoms with E-state index in [1.807, 2.05) is 19.2 Å². The number of rotatable bonds is 5. The van der Waals surface area contributed by atoms with Crippen molar-refractivity contribution in [3.8, 4) is 0 Å². The zero-order valence-corrected chi connectivity index (χ0v) is 11.5. The third-order valence-electron chi connectivity index (χ3n) is 3.64. The molecule has 0 unspecified atom stereocenters. The van der Waals surface area contributed by atoms with Crippen LogP contribution in [0.4, 0.5) is 0 Å². The molecule has 2 rings (SSSR count). The Morgan fingerprint density at radius 1 is 1.39 bits per heavy atom. The SMILES string of the molecule is CCN(Cc1ccnc(C)n1)CC1CCNCC1. The van der Waals surface area contributed by atoms with Gasteiger partial charge in [-0.15, -0.1) is 0 Å². The molecule has 0 radical (unpaired) electrons. The van der Waals surface area contributed by atoms with Crippen LogP contribution in [-0.4, -0.2) is 41.0 Å². The number of nitrogens with zero attached hydrogens (tertiary/aromatic N) is 3. The van der Waals surface area contributed by atoms with Crippen molar-refractivity contribution >= 4 is 0 Å². The average molecular weight is 248 g/mol. The number of piperidine rings is 1. The van der Waals surface area contributed by atoms with E-state index < -0.39 is 0 Å². The molecule has 0 spiro atoms. The molecule has 1 aliphatic heterocycles. The number of aryl methyl sites for hydroxylation is 1. The van der Waals surface area contributed by atoms with Gasteiger partial charge in [-0.05, 0) is 51.4 Å². The molecule has 100 valence electrons. The van der Waals surface area contributed by atoms with E-state index in [-0.39, 0.29) is 0 Å². The Balaban J connectivity index is 1.88. The fraction of sp³-hybridized carbons (Fsp3) is 0.714. The predicted octanol–water partition coefficient (Wildman–Crippen LogP) is 1.61. The molecule has 0 bridgehead atoms. The van der Waals surface area contributed by atoms with Crippen LogP contribution in [0.15, 0.2) is 12.3 Å². The van der Waals surface area contributed by atoms with Gasteiger partial charge < -0.3 is 5.32 Å². The van der Waals surface area contributed by atoms with E-state index in [0.29, 0.717) is 0 Å². The van der Waals surface area contributed by atoms with Crippen molar-refractivity contribution in [3.05, 3.63) is 23.8 Å². The van der Waals surface area contributed by atoms with Gasteiger partial charge in [-0.3, -0.25) is 4.90 Å². The molecule has 0 amide bonds. The molecule has 4 nitrogen and oxygen atoms in total. The first-order valence-electron chi connectivity index (χ1n) is 6.99. The van der Waals surface area contributed by atoms with Crippen molar-refractivity contribution in [1.29, 1.82) is 0 Å². The highest BCUT2D eigenvalue weighted by atomic mass is 15.1. The van der Waals surface area contributed by atoms with Gasteiger partial charge in [-0.2, -0.15) is 0 Å². The van der Waals surface area contributed by atoms with E-state index in [9.17, 15) is 0 Å². The van der Waals surface area contributed by atoms with Crippen LogP contribution in [0, 0.1) is 12.8 Å². The van der Waals surface area contributed by atoms with Crippen molar-refractivity contribution in [2.24, 2.45) is 5.92 Å². The Bertz CT molecular complexity index is 361. The first-order valence-corrected chi connectivity index (χ1v) is 6.99. The third kappa shape index (κ3) is 4.03. The van der Waals surface area contributed by atoms with Gasteiger partial charge in [0.15, 0.2) is 0 Å². The van der Waals surface area contributed by atoms with Crippen molar-refractivity contribution in [2.45, 2.75) is 33.2 Å². The molecule has 1 fully saturated rings. The number of aromatic nitrogens is 2. The maximum Gasteiger partial charge on any atom is 0.125 e. The van der Waals surface area contributed by atoms with E-state index in [0.717, 1.165) is 30.5 Å². The van der Waals surface area contributed by atoms with E-state index in [1.54, 1.807) is 0 Å². The van der Waals surface area contributed by atoms with Gasteiger partial charge in [-0.1, -0.05) is 6.92 Å². The molecule has 0 atom stereocenters. The molecule has 0 aliphatic carbocycles. The van der Waals surface area contributed by atoms with E-state index >= 15 is 0 Å². The minimum atomic E-state index is 0.842. The minimum Gasteiger partial charge on any atom is -0.317 e. The van der Waals surface area contributed by atoms with Crippen LogP contribution in [0.5, 0.6) is 0 Å². The summed E-state index contributed by atoms with van der Waals surface area (Å²) in [6.07, 6.45) is 4.47. The summed E-state index contributed by atoms with van der Waals surface area (Å²) in [5.74, 6) is 1.71. The quantitative estimate of drug-likeness (QED) is 0.859. The Hall–Kier alpha value is -1.00. The monoisotopic (exact) mass is 248 g/mol. The van der Waals surface area contributed by atoms with Gasteiger partial charge in [0.2, 0.25) is 0 Å². The first-order chi connectivity index (χ1) is 8.78. The van der Waals surface area contributed by atoms with E-state index in [1.165, 1.54) is 32.5 Å². The van der Waals surface area contributed by atoms with E-state index in [4.69, 9.17) is 0 Å². The standard InChI is InChI=1S/C14H24N4/c1-3-18(10-13-4-7-15-8-5-13)11-14-6-9-16-12(2)17-14/h6,9,13,15H,3-5,7-8,10-11H2,1-2H3. The normalized spacial score (nSPS) is 17.3. The molecule has 1 aromatic rings. The summed E-state index contributed by atoms with van der Waals surface area (Å²) in [7, 11) is 0. The zero-order valence-electron chi connectivity index (χ0n) is 11.5. The maximum atomic E-state index is 4.49. The molecular formula is C14H24N4. The van der Waals surface area contributed by atoms with Crippen LogP contribution in [0.2, 0.25) is 0 Å². The summed E-state index contributed by atoms with van der Waals surface area (Å²) in [4.78, 5) is 11.1. The lowest BCUT2D eigenvalue weighted by Crippen LogP contribution is -2.36. The lowest BCUT2D eigenvalue weighted by molar-refractivity contribution is 0.205. The molecule has 2 heterocycles. The molecule has 1 aliphatic rings. The minimum absolute atomic E-state index is 0.842. The Morgan fingerprint density at radius 3 is 2.83 bits per heavy atom. The molecule has 1 saturated heterocycles. The number of hydrogen-bond acceptors (Lipinski definition) is 4. The molecule has 1 aromatic heterocycles. The van der Waals surface area contributed by atoms with Crippen LogP contribution in [0.3, 0.4) is 0 Å². The van der Waals surface area contributed by atoms with Crippen molar-refractivity contribution in [3.63, 3.8) is 0 Å². The van der Waals surface area contributed by atoms with E-state index in [2.05, 4.69) is 27.1 Å². The number of hydrogen-bond donors (Lipinski definition) is 1. The summed E-state index contributed by atoms with van der Waals surface area (Å²) in [5.41, 5.74) is 1.14. The molecular weight excluding hydrogens is 224 g/mol. The molecule has 0 aromatic carbocycles. The second-order valence-corrected chi connectivity index (χ2v) is 5.12. The Labute approximate surface area is 110 Å². The predicted molar refractivity (Wildman–Crippen MR) is 73.3 cm³/mol. The van der Waals surface area contributed by atoms with Gasteiger partial charge in [-0.25, -0.2) is 9.97 Å². The Kier molecular flexibility index (Phi) is 5.08. The van der Waals surface area contributed by atoms with Gasteiger partial charge in [0.1, 0.15) is 5.82 Å². The van der Waals surface area contributed by atoms with Gasteiger partial charge in [0.25, 0.3) is 0 Å². The summed E-state index contributed by atoms with van der Waals surface area (Å²) in [6, 6.07) is 2.03. The third-order valence-corrected chi connectivity index (χ3v) is 3.64. The highest BCUT2D eigenvalue weighted by molar-refractivity contribution is 5.01. The van der Waals surface area contributed by atoms with Crippen molar-refractivity contribution in [2.75, 3.05) is 26.2 Å². The smallest absolute Gasteiger partial charge is 0.125 e. The van der Waals surface area contributed by atoms with Crippen LogP contribution in [0.25, 0.3) is 0 Å². The molecule has 0 saturated carbocycles. The largest absolute Gasteiger partial charge is 0.317 e. The Morgan fingerprint density at radius 2 is 2.17 bits per heavy atom. The highest BCUT2D eigenvalue weighted by Gasteiger charge is 2.16. The topological polar surface area (TPSA) is 41.1 Å². The number of nitrogens with one attached hydrogen (secondary N) is 1. The fourth-order valence-corrected chi connectivity index (χ4v) is 2.56. The van der Waals surface area contributed by atoms with Crippen molar-refractivity contribution in [1.82, 2.24) is 20.2 Å². The van der Waals surface area contributed by atoms with Crippen LogP contribution in [-0.2, 0) is 6.54 Å². The van der Waals surface area contributed by atoms with Crippen LogP contribution in [0.1, 0.15) is 31.3 Å². The molecule has 1 N–H and O–H groups in total. The molecule has 18 heavy (non-hydrogen) atoms. The highest BCUT2D eigenvalue weighted by Crippen LogP contribution is 2.14. The summed E-state index contributed by atoms with van der Waals surface area (Å²) in [6.45, 7) is 9.77. The van der Waals surface area contributed by atoms with Crippen LogP contribution < -0.4 is 5.32 Å². The maximum absolute atomic E-state index is 4.49. The lowest BCUT2D eigenvalue weighted by Gasteiger charge is -2.29. The first kappa shape index (κ1) is 13.4. The molecule has 4 heteroatoms. The second kappa shape index (κ2) is 6.81. The summed E-state index contributed by atoms with van der Waals surface area (Å²) >= 11 is 0. The van der Waals surface area contributed by atoms with Gasteiger partial charge >= 0.3 is 0 Å². The van der Waals surface area contributed by atoms with Crippen LogP contribution >= 0.6 is 0 Å². The summed E-state index contributed by atoms with van der Waals surface area (Å²) in [5, 5.41) is 3.42. The lowest BCUT2D eigenvalue weighted by atomic mass is 9.97. The average Bonchev–Trinajstić information content (AvgIpc) is 2.39. The zero-order chi connectivity index (χ0) is 12.8. The van der Waals surface area contributed by atoms with Crippen molar-refractivity contribution < 1.29 is 0 Å². The summed E-state index contributed by atoms with van der Waals surface area (Å²) < 4.78 is 0. The van der Waals surface area contributed by atoms with Gasteiger partial charge in [0.05, 0.1) is 5.69 Å². The second-order valence-electron chi connectivity index (χ2n) is 5.12.